The van der Waals surface area contributed by atoms with E-state index in [2.05, 4.69) is 56.8 Å². The summed E-state index contributed by atoms with van der Waals surface area (Å²) in [7, 11) is 0. The van der Waals surface area contributed by atoms with Gasteiger partial charge in [-0.2, -0.15) is 0 Å². The summed E-state index contributed by atoms with van der Waals surface area (Å²) in [5.74, 6) is 0.644. The van der Waals surface area contributed by atoms with E-state index in [1.165, 1.54) is 24.0 Å². The van der Waals surface area contributed by atoms with Gasteiger partial charge in [-0.25, -0.2) is 0 Å². The molecule has 0 bridgehead atoms. The fourth-order valence-corrected chi connectivity index (χ4v) is 2.26. The van der Waals surface area contributed by atoms with E-state index in [9.17, 15) is 0 Å². The summed E-state index contributed by atoms with van der Waals surface area (Å²) < 4.78 is 0. The van der Waals surface area contributed by atoms with Crippen molar-refractivity contribution in [3.05, 3.63) is 60.2 Å². The predicted octanol–water partition coefficient (Wildman–Crippen LogP) is 4.95. The van der Waals surface area contributed by atoms with E-state index >= 15 is 0 Å². The molecule has 1 rings (SSSR count). The maximum absolute atomic E-state index is 3.75. The summed E-state index contributed by atoms with van der Waals surface area (Å²) in [6, 6.07) is 8.80. The molecule has 0 heterocycles. The fourth-order valence-electron chi connectivity index (χ4n) is 2.26. The average molecular weight is 228 g/mol. The molecule has 0 aromatic heterocycles. The van der Waals surface area contributed by atoms with Gasteiger partial charge in [0.2, 0.25) is 0 Å². The SMILES string of the molecule is C=C/C=C\C(CCC)Cc1ccccc1CC. The summed E-state index contributed by atoms with van der Waals surface area (Å²) in [4.78, 5) is 0. The van der Waals surface area contributed by atoms with Gasteiger partial charge in [-0.05, 0) is 36.3 Å². The smallest absolute Gasteiger partial charge is 0.0190 e. The number of aryl methyl sites for hydroxylation is 1. The zero-order chi connectivity index (χ0) is 12.5. The van der Waals surface area contributed by atoms with Crippen molar-refractivity contribution in [2.75, 3.05) is 0 Å². The number of allylic oxidation sites excluding steroid dienone is 3. The lowest BCUT2D eigenvalue weighted by Gasteiger charge is -2.14. The van der Waals surface area contributed by atoms with E-state index in [4.69, 9.17) is 0 Å². The Hall–Kier alpha value is -1.30. The van der Waals surface area contributed by atoms with Crippen LogP contribution in [0.5, 0.6) is 0 Å². The highest BCUT2D eigenvalue weighted by atomic mass is 14.1. The van der Waals surface area contributed by atoms with Crippen LogP contribution in [0, 0.1) is 5.92 Å². The van der Waals surface area contributed by atoms with E-state index in [1.807, 2.05) is 6.08 Å². The molecule has 1 aromatic rings. The second-order valence-electron chi connectivity index (χ2n) is 4.50. The molecular formula is C17H24. The molecule has 1 unspecified atom stereocenters. The maximum Gasteiger partial charge on any atom is -0.0190 e. The summed E-state index contributed by atoms with van der Waals surface area (Å²) in [5.41, 5.74) is 2.99. The van der Waals surface area contributed by atoms with Crippen LogP contribution in [0.1, 0.15) is 37.8 Å². The Kier molecular flexibility index (Phi) is 6.39. The van der Waals surface area contributed by atoms with Gasteiger partial charge in [-0.1, -0.05) is 69.3 Å². The third-order valence-electron chi connectivity index (χ3n) is 3.16. The monoisotopic (exact) mass is 228 g/mol. The van der Waals surface area contributed by atoms with Crippen LogP contribution in [0.2, 0.25) is 0 Å². The van der Waals surface area contributed by atoms with Gasteiger partial charge in [0.25, 0.3) is 0 Å². The Bertz CT molecular complexity index is 360. The van der Waals surface area contributed by atoms with Gasteiger partial charge in [0.1, 0.15) is 0 Å². The van der Waals surface area contributed by atoms with Gasteiger partial charge in [-0.15, -0.1) is 0 Å². The van der Waals surface area contributed by atoms with E-state index in [0.29, 0.717) is 5.92 Å². The molecular weight excluding hydrogens is 204 g/mol. The molecule has 0 saturated heterocycles. The molecule has 0 amide bonds. The van der Waals surface area contributed by atoms with Crippen LogP contribution in [0.3, 0.4) is 0 Å². The topological polar surface area (TPSA) is 0 Å². The van der Waals surface area contributed by atoms with Crippen LogP contribution in [-0.4, -0.2) is 0 Å². The fraction of sp³-hybridized carbons (Fsp3) is 0.412. The molecule has 0 spiro atoms. The van der Waals surface area contributed by atoms with Crippen molar-refractivity contribution in [1.82, 2.24) is 0 Å². The second-order valence-corrected chi connectivity index (χ2v) is 4.50. The van der Waals surface area contributed by atoms with Crippen molar-refractivity contribution >= 4 is 0 Å². The molecule has 0 aliphatic rings. The van der Waals surface area contributed by atoms with Crippen LogP contribution in [0.25, 0.3) is 0 Å². The summed E-state index contributed by atoms with van der Waals surface area (Å²) in [6.45, 7) is 8.23. The van der Waals surface area contributed by atoms with Gasteiger partial charge in [-0.3, -0.25) is 0 Å². The van der Waals surface area contributed by atoms with Crippen molar-refractivity contribution in [2.24, 2.45) is 5.92 Å². The number of hydrogen-bond acceptors (Lipinski definition) is 0. The standard InChI is InChI=1S/C17H24/c1-4-7-11-15(10-5-2)14-17-13-9-8-12-16(17)6-3/h4,7-9,11-13,15H,1,5-6,10,14H2,2-3H3/b11-7-. The van der Waals surface area contributed by atoms with Crippen LogP contribution in [-0.2, 0) is 12.8 Å². The van der Waals surface area contributed by atoms with Crippen molar-refractivity contribution in [3.8, 4) is 0 Å². The highest BCUT2D eigenvalue weighted by Crippen LogP contribution is 2.19. The molecule has 1 atom stereocenters. The maximum atomic E-state index is 3.75. The molecule has 17 heavy (non-hydrogen) atoms. The van der Waals surface area contributed by atoms with Crippen molar-refractivity contribution in [2.45, 2.75) is 39.5 Å². The summed E-state index contributed by atoms with van der Waals surface area (Å²) in [6.07, 6.45) is 11.0. The van der Waals surface area contributed by atoms with E-state index < -0.39 is 0 Å². The average Bonchev–Trinajstić information content (AvgIpc) is 2.37. The van der Waals surface area contributed by atoms with Gasteiger partial charge in [0, 0.05) is 0 Å². The lowest BCUT2D eigenvalue weighted by molar-refractivity contribution is 0.575. The Labute approximate surface area is 106 Å². The molecule has 0 heteroatoms. The largest absolute Gasteiger partial charge is 0.0991 e. The quantitative estimate of drug-likeness (QED) is 0.579. The van der Waals surface area contributed by atoms with Crippen molar-refractivity contribution in [1.29, 1.82) is 0 Å². The number of benzene rings is 1. The lowest BCUT2D eigenvalue weighted by atomic mass is 9.91. The molecule has 0 saturated carbocycles. The first-order valence-corrected chi connectivity index (χ1v) is 6.67. The zero-order valence-electron chi connectivity index (χ0n) is 11.2. The van der Waals surface area contributed by atoms with Gasteiger partial charge in [0.05, 0.1) is 0 Å². The van der Waals surface area contributed by atoms with Gasteiger partial charge >= 0.3 is 0 Å². The summed E-state index contributed by atoms with van der Waals surface area (Å²) >= 11 is 0. The third kappa shape index (κ3) is 4.60. The molecule has 0 fully saturated rings. The van der Waals surface area contributed by atoms with E-state index in [1.54, 1.807) is 0 Å². The first kappa shape index (κ1) is 13.8. The second kappa shape index (κ2) is 7.89. The molecule has 92 valence electrons. The van der Waals surface area contributed by atoms with Crippen LogP contribution < -0.4 is 0 Å². The van der Waals surface area contributed by atoms with Crippen molar-refractivity contribution < 1.29 is 0 Å². The molecule has 0 nitrogen and oxygen atoms in total. The molecule has 0 aliphatic carbocycles. The first-order valence-electron chi connectivity index (χ1n) is 6.67. The molecule has 0 N–H and O–H groups in total. The first-order chi connectivity index (χ1) is 8.31. The van der Waals surface area contributed by atoms with E-state index in [-0.39, 0.29) is 0 Å². The highest BCUT2D eigenvalue weighted by Gasteiger charge is 2.07. The Morgan fingerprint density at radius 3 is 2.47 bits per heavy atom. The van der Waals surface area contributed by atoms with Crippen LogP contribution >= 0.6 is 0 Å². The predicted molar refractivity (Wildman–Crippen MR) is 77.3 cm³/mol. The molecule has 0 aliphatic heterocycles. The number of rotatable bonds is 7. The number of hydrogen-bond donors (Lipinski definition) is 0. The minimum Gasteiger partial charge on any atom is -0.0991 e. The highest BCUT2D eigenvalue weighted by molar-refractivity contribution is 5.28. The Morgan fingerprint density at radius 2 is 1.88 bits per heavy atom. The normalized spacial score (nSPS) is 12.8. The van der Waals surface area contributed by atoms with Crippen LogP contribution in [0.15, 0.2) is 49.1 Å². The Balaban J connectivity index is 2.77. The zero-order valence-corrected chi connectivity index (χ0v) is 11.2. The van der Waals surface area contributed by atoms with Gasteiger partial charge < -0.3 is 0 Å². The minimum absolute atomic E-state index is 0.644. The van der Waals surface area contributed by atoms with E-state index in [0.717, 1.165) is 12.8 Å². The molecule has 1 aromatic carbocycles. The lowest BCUT2D eigenvalue weighted by Crippen LogP contribution is -2.03. The van der Waals surface area contributed by atoms with Crippen LogP contribution in [0.4, 0.5) is 0 Å². The molecule has 0 radical (unpaired) electrons. The minimum atomic E-state index is 0.644. The third-order valence-corrected chi connectivity index (χ3v) is 3.16. The van der Waals surface area contributed by atoms with Gasteiger partial charge in [0.15, 0.2) is 0 Å². The summed E-state index contributed by atoms with van der Waals surface area (Å²) in [5, 5.41) is 0. The Morgan fingerprint density at radius 1 is 1.18 bits per heavy atom. The van der Waals surface area contributed by atoms with Crippen molar-refractivity contribution in [3.63, 3.8) is 0 Å².